The molecule has 0 radical (unpaired) electrons. The minimum absolute atomic E-state index is 0.125. The summed E-state index contributed by atoms with van der Waals surface area (Å²) in [5, 5.41) is 0. The van der Waals surface area contributed by atoms with Gasteiger partial charge >= 0.3 is 0 Å². The number of nitrogens with zero attached hydrogens (tertiary/aromatic N) is 1. The van der Waals surface area contributed by atoms with Crippen LogP contribution in [0.15, 0.2) is 18.2 Å². The van der Waals surface area contributed by atoms with E-state index >= 15 is 0 Å². The molecule has 2 rings (SSSR count). The fraction of sp³-hybridized carbons (Fsp3) is 0.588. The lowest BCUT2D eigenvalue weighted by Gasteiger charge is -2.30. The number of hydrogen-bond donors (Lipinski definition) is 1. The Labute approximate surface area is 126 Å². The van der Waals surface area contributed by atoms with E-state index in [4.69, 9.17) is 5.73 Å². The van der Waals surface area contributed by atoms with Crippen molar-refractivity contribution in [2.45, 2.75) is 52.0 Å². The van der Waals surface area contributed by atoms with Crippen LogP contribution in [0, 0.1) is 11.7 Å². The molecule has 0 unspecified atom stereocenters. The van der Waals surface area contributed by atoms with Crippen molar-refractivity contribution < 1.29 is 9.18 Å². The Balaban J connectivity index is 2.21. The fourth-order valence-corrected chi connectivity index (χ4v) is 2.93. The predicted molar refractivity (Wildman–Crippen MR) is 83.6 cm³/mol. The number of nitrogens with two attached hydrogens (primary N) is 1. The van der Waals surface area contributed by atoms with Crippen LogP contribution in [-0.2, 0) is 0 Å². The molecule has 116 valence electrons. The highest BCUT2D eigenvalue weighted by Gasteiger charge is 2.28. The Bertz CT molecular complexity index is 496. The van der Waals surface area contributed by atoms with Crippen molar-refractivity contribution in [2.75, 3.05) is 12.3 Å². The molecule has 0 heterocycles. The van der Waals surface area contributed by atoms with E-state index < -0.39 is 5.82 Å². The molecular weight excluding hydrogens is 267 g/mol. The molecule has 1 aromatic rings. The summed E-state index contributed by atoms with van der Waals surface area (Å²) in [7, 11) is 0. The molecule has 3 nitrogen and oxygen atoms in total. The van der Waals surface area contributed by atoms with Gasteiger partial charge in [-0.25, -0.2) is 4.39 Å². The van der Waals surface area contributed by atoms with Gasteiger partial charge in [-0.05, 0) is 43.4 Å². The van der Waals surface area contributed by atoms with Crippen molar-refractivity contribution in [1.82, 2.24) is 4.90 Å². The van der Waals surface area contributed by atoms with Gasteiger partial charge < -0.3 is 10.6 Å². The van der Waals surface area contributed by atoms with E-state index in [1.165, 1.54) is 18.2 Å². The van der Waals surface area contributed by atoms with Gasteiger partial charge in [-0.3, -0.25) is 4.79 Å². The number of hydrogen-bond acceptors (Lipinski definition) is 2. The Morgan fingerprint density at radius 3 is 2.67 bits per heavy atom. The molecule has 1 aliphatic carbocycles. The highest BCUT2D eigenvalue weighted by molar-refractivity contribution is 5.99. The third-order valence-electron chi connectivity index (χ3n) is 4.22. The van der Waals surface area contributed by atoms with Crippen LogP contribution in [0.4, 0.5) is 10.1 Å². The van der Waals surface area contributed by atoms with Gasteiger partial charge in [-0.1, -0.05) is 26.7 Å². The molecule has 0 aromatic heterocycles. The maximum atomic E-state index is 13.4. The lowest BCUT2D eigenvalue weighted by atomic mass is 10.1. The number of rotatable bonds is 5. The summed E-state index contributed by atoms with van der Waals surface area (Å²) in [6, 6.07) is 4.30. The van der Waals surface area contributed by atoms with E-state index in [1.54, 1.807) is 0 Å². The monoisotopic (exact) mass is 292 g/mol. The van der Waals surface area contributed by atoms with Crippen LogP contribution in [0.1, 0.15) is 56.3 Å². The zero-order valence-corrected chi connectivity index (χ0v) is 12.9. The first-order chi connectivity index (χ1) is 9.99. The van der Waals surface area contributed by atoms with Gasteiger partial charge in [0, 0.05) is 18.3 Å². The smallest absolute Gasteiger partial charge is 0.256 e. The molecule has 0 bridgehead atoms. The third-order valence-corrected chi connectivity index (χ3v) is 4.22. The molecule has 0 saturated heterocycles. The van der Waals surface area contributed by atoms with Crippen molar-refractivity contribution in [1.29, 1.82) is 0 Å². The first kappa shape index (κ1) is 15.8. The summed E-state index contributed by atoms with van der Waals surface area (Å²) < 4.78 is 13.4. The Hall–Kier alpha value is -1.58. The molecular formula is C17H25FN2O. The zero-order valence-electron chi connectivity index (χ0n) is 12.9. The second kappa shape index (κ2) is 6.92. The van der Waals surface area contributed by atoms with Crippen molar-refractivity contribution >= 4 is 11.6 Å². The summed E-state index contributed by atoms with van der Waals surface area (Å²) in [5.74, 6) is -0.00566. The Morgan fingerprint density at radius 2 is 2.05 bits per heavy atom. The lowest BCUT2D eigenvalue weighted by Crippen LogP contribution is -2.40. The van der Waals surface area contributed by atoms with Crippen LogP contribution < -0.4 is 5.73 Å². The lowest BCUT2D eigenvalue weighted by molar-refractivity contribution is 0.0672. The molecule has 0 spiro atoms. The van der Waals surface area contributed by atoms with Gasteiger partial charge in [0.25, 0.3) is 5.91 Å². The van der Waals surface area contributed by atoms with Crippen LogP contribution in [0.5, 0.6) is 0 Å². The van der Waals surface area contributed by atoms with Crippen molar-refractivity contribution in [2.24, 2.45) is 5.92 Å². The first-order valence-corrected chi connectivity index (χ1v) is 7.85. The Kier molecular flexibility index (Phi) is 5.21. The maximum absolute atomic E-state index is 13.4. The molecule has 2 N–H and O–H groups in total. The quantitative estimate of drug-likeness (QED) is 0.838. The number of carbonyl (C=O) groups excluding carboxylic acids is 1. The number of amides is 1. The predicted octanol–water partition coefficient (Wildman–Crippen LogP) is 3.84. The average molecular weight is 292 g/mol. The van der Waals surface area contributed by atoms with Gasteiger partial charge in [-0.2, -0.15) is 0 Å². The second-order valence-corrected chi connectivity index (χ2v) is 6.35. The van der Waals surface area contributed by atoms with Gasteiger partial charge in [0.2, 0.25) is 0 Å². The highest BCUT2D eigenvalue weighted by Crippen LogP contribution is 2.27. The standard InChI is InChI=1S/C17H25FN2O/c1-12(2)9-10-20(14-5-3-4-6-14)17(21)15-11-13(18)7-8-16(15)19/h7-8,11-12,14H,3-6,9-10,19H2,1-2H3. The Morgan fingerprint density at radius 1 is 1.38 bits per heavy atom. The van der Waals surface area contributed by atoms with E-state index in [-0.39, 0.29) is 11.9 Å². The van der Waals surface area contributed by atoms with Gasteiger partial charge in [-0.15, -0.1) is 0 Å². The SMILES string of the molecule is CC(C)CCN(C(=O)c1cc(F)ccc1N)C1CCCC1. The number of carbonyl (C=O) groups is 1. The second-order valence-electron chi connectivity index (χ2n) is 6.35. The molecule has 1 fully saturated rings. The van der Waals surface area contributed by atoms with Gasteiger partial charge in [0.15, 0.2) is 0 Å². The van der Waals surface area contributed by atoms with E-state index in [0.717, 1.165) is 38.6 Å². The van der Waals surface area contributed by atoms with Crippen molar-refractivity contribution in [3.8, 4) is 0 Å². The minimum Gasteiger partial charge on any atom is -0.398 e. The summed E-state index contributed by atoms with van der Waals surface area (Å²) in [6.07, 6.45) is 5.36. The zero-order chi connectivity index (χ0) is 15.4. The molecule has 4 heteroatoms. The molecule has 1 aromatic carbocycles. The van der Waals surface area contributed by atoms with E-state index in [1.807, 2.05) is 4.90 Å². The van der Waals surface area contributed by atoms with E-state index in [0.29, 0.717) is 17.2 Å². The molecule has 21 heavy (non-hydrogen) atoms. The molecule has 0 aliphatic heterocycles. The summed E-state index contributed by atoms with van der Waals surface area (Å²) in [4.78, 5) is 14.7. The van der Waals surface area contributed by atoms with Crippen LogP contribution in [0.25, 0.3) is 0 Å². The van der Waals surface area contributed by atoms with Crippen LogP contribution in [-0.4, -0.2) is 23.4 Å². The average Bonchev–Trinajstić information content (AvgIpc) is 2.95. The largest absolute Gasteiger partial charge is 0.398 e. The third kappa shape index (κ3) is 3.96. The number of halogens is 1. The van der Waals surface area contributed by atoms with Gasteiger partial charge in [0.05, 0.1) is 5.56 Å². The van der Waals surface area contributed by atoms with Crippen LogP contribution in [0.2, 0.25) is 0 Å². The highest BCUT2D eigenvalue weighted by atomic mass is 19.1. The van der Waals surface area contributed by atoms with Crippen LogP contribution in [0.3, 0.4) is 0 Å². The number of anilines is 1. The topological polar surface area (TPSA) is 46.3 Å². The number of nitrogen functional groups attached to an aromatic ring is 1. The molecule has 0 atom stereocenters. The first-order valence-electron chi connectivity index (χ1n) is 7.85. The summed E-state index contributed by atoms with van der Waals surface area (Å²) in [6.45, 7) is 5.01. The van der Waals surface area contributed by atoms with E-state index in [2.05, 4.69) is 13.8 Å². The molecule has 1 aliphatic rings. The summed E-state index contributed by atoms with van der Waals surface area (Å²) >= 11 is 0. The molecule has 1 amide bonds. The number of benzene rings is 1. The molecule has 1 saturated carbocycles. The van der Waals surface area contributed by atoms with Crippen LogP contribution >= 0.6 is 0 Å². The normalized spacial score (nSPS) is 15.6. The maximum Gasteiger partial charge on any atom is 0.256 e. The minimum atomic E-state index is -0.414. The van der Waals surface area contributed by atoms with Crippen molar-refractivity contribution in [3.63, 3.8) is 0 Å². The van der Waals surface area contributed by atoms with E-state index in [9.17, 15) is 9.18 Å². The fourth-order valence-electron chi connectivity index (χ4n) is 2.93. The summed E-state index contributed by atoms with van der Waals surface area (Å²) in [5.41, 5.74) is 6.52. The van der Waals surface area contributed by atoms with Gasteiger partial charge in [0.1, 0.15) is 5.82 Å². The van der Waals surface area contributed by atoms with Crippen molar-refractivity contribution in [3.05, 3.63) is 29.6 Å².